The average molecular weight is 261 g/mol. The van der Waals surface area contributed by atoms with Gasteiger partial charge in [0, 0.05) is 24.1 Å². The molecule has 1 heterocycles. The molecule has 2 atom stereocenters. The second kappa shape index (κ2) is 5.08. The van der Waals surface area contributed by atoms with Gasteiger partial charge in [0.05, 0.1) is 6.10 Å². The smallest absolute Gasteiger partial charge is 0.133 e. The Morgan fingerprint density at radius 3 is 2.95 bits per heavy atom. The first-order valence-electron chi connectivity index (χ1n) is 7.42. The molecular formula is C15H23N3O. The van der Waals surface area contributed by atoms with Crippen LogP contribution in [0.25, 0.3) is 0 Å². The van der Waals surface area contributed by atoms with E-state index in [0.29, 0.717) is 5.92 Å². The van der Waals surface area contributed by atoms with Gasteiger partial charge in [0.2, 0.25) is 0 Å². The number of hydrogen-bond donors (Lipinski definition) is 2. The molecule has 2 N–H and O–H groups in total. The van der Waals surface area contributed by atoms with Crippen molar-refractivity contribution in [3.63, 3.8) is 0 Å². The fraction of sp³-hybridized carbons (Fsp3) is 0.733. The van der Waals surface area contributed by atoms with E-state index in [1.54, 1.807) is 0 Å². The summed E-state index contributed by atoms with van der Waals surface area (Å²) in [6.45, 7) is 2.96. The third-order valence-corrected chi connectivity index (χ3v) is 4.57. The lowest BCUT2D eigenvalue weighted by Gasteiger charge is -2.38. The Morgan fingerprint density at radius 1 is 1.37 bits per heavy atom. The van der Waals surface area contributed by atoms with E-state index in [9.17, 15) is 5.11 Å². The Kier molecular flexibility index (Phi) is 3.44. The van der Waals surface area contributed by atoms with E-state index >= 15 is 0 Å². The number of anilines is 1. The number of hydrogen-bond acceptors (Lipinski definition) is 4. The lowest BCUT2D eigenvalue weighted by Crippen LogP contribution is -2.41. The molecule has 0 amide bonds. The van der Waals surface area contributed by atoms with Crippen LogP contribution in [-0.4, -0.2) is 27.7 Å². The fourth-order valence-electron chi connectivity index (χ4n) is 2.89. The lowest BCUT2D eigenvalue weighted by molar-refractivity contribution is 0.00958. The minimum Gasteiger partial charge on any atom is -0.392 e. The van der Waals surface area contributed by atoms with Crippen LogP contribution in [0.4, 0.5) is 5.82 Å². The second-order valence-corrected chi connectivity index (χ2v) is 6.34. The molecule has 1 aromatic rings. The first-order valence-corrected chi connectivity index (χ1v) is 7.42. The Morgan fingerprint density at radius 2 is 2.21 bits per heavy atom. The zero-order valence-electron chi connectivity index (χ0n) is 11.6. The molecule has 104 valence electrons. The second-order valence-electron chi connectivity index (χ2n) is 6.34. The average Bonchev–Trinajstić information content (AvgIpc) is 3.25. The van der Waals surface area contributed by atoms with Gasteiger partial charge < -0.3 is 10.4 Å². The molecule has 0 bridgehead atoms. The molecule has 2 fully saturated rings. The first kappa shape index (κ1) is 12.9. The van der Waals surface area contributed by atoms with Gasteiger partial charge in [-0.1, -0.05) is 19.8 Å². The van der Waals surface area contributed by atoms with Crippen molar-refractivity contribution in [3.05, 3.63) is 18.1 Å². The van der Waals surface area contributed by atoms with Gasteiger partial charge in [0.25, 0.3) is 0 Å². The summed E-state index contributed by atoms with van der Waals surface area (Å²) in [5, 5.41) is 13.6. The summed E-state index contributed by atoms with van der Waals surface area (Å²) >= 11 is 0. The van der Waals surface area contributed by atoms with Crippen LogP contribution in [0.2, 0.25) is 0 Å². The van der Waals surface area contributed by atoms with Gasteiger partial charge in [-0.15, -0.1) is 0 Å². The number of nitrogens with zero attached hydrogens (tertiary/aromatic N) is 2. The van der Waals surface area contributed by atoms with Crippen molar-refractivity contribution in [1.29, 1.82) is 0 Å². The predicted molar refractivity (Wildman–Crippen MR) is 75.1 cm³/mol. The summed E-state index contributed by atoms with van der Waals surface area (Å²) in [5.41, 5.74) is -0.0249. The Hall–Kier alpha value is -1.16. The fourth-order valence-corrected chi connectivity index (χ4v) is 2.89. The standard InChI is InChI=1S/C15H23N3O/c1-15(8-3-2-4-12(15)19)10-17-13-7-9-16-14(18-13)11-5-6-11/h7,9,11-12,19H,2-6,8,10H2,1H3,(H,16,17,18). The third kappa shape index (κ3) is 2.89. The van der Waals surface area contributed by atoms with E-state index in [1.165, 1.54) is 19.3 Å². The maximum Gasteiger partial charge on any atom is 0.133 e. The number of aromatic nitrogens is 2. The van der Waals surface area contributed by atoms with Gasteiger partial charge in [-0.25, -0.2) is 9.97 Å². The number of nitrogens with one attached hydrogen (secondary N) is 1. The minimum absolute atomic E-state index is 0.0249. The van der Waals surface area contributed by atoms with E-state index in [1.807, 2.05) is 12.3 Å². The SMILES string of the molecule is CC1(CNc2ccnc(C3CC3)n2)CCCCC1O. The van der Waals surface area contributed by atoms with E-state index in [2.05, 4.69) is 22.2 Å². The van der Waals surface area contributed by atoms with Gasteiger partial charge in [-0.3, -0.25) is 0 Å². The molecule has 4 nitrogen and oxygen atoms in total. The maximum atomic E-state index is 10.2. The highest BCUT2D eigenvalue weighted by molar-refractivity contribution is 5.34. The summed E-state index contributed by atoms with van der Waals surface area (Å²) in [6.07, 6.45) is 8.46. The maximum absolute atomic E-state index is 10.2. The van der Waals surface area contributed by atoms with Crippen LogP contribution in [-0.2, 0) is 0 Å². The summed E-state index contributed by atoms with van der Waals surface area (Å²) < 4.78 is 0. The predicted octanol–water partition coefficient (Wildman–Crippen LogP) is 2.71. The molecule has 1 aromatic heterocycles. The van der Waals surface area contributed by atoms with Crippen molar-refractivity contribution < 1.29 is 5.11 Å². The van der Waals surface area contributed by atoms with Crippen molar-refractivity contribution in [3.8, 4) is 0 Å². The molecule has 3 rings (SSSR count). The molecule has 0 radical (unpaired) electrons. The van der Waals surface area contributed by atoms with Crippen LogP contribution in [0.15, 0.2) is 12.3 Å². The Balaban J connectivity index is 1.63. The lowest BCUT2D eigenvalue weighted by atomic mass is 9.73. The number of rotatable bonds is 4. The number of aliphatic hydroxyl groups is 1. The molecule has 19 heavy (non-hydrogen) atoms. The highest BCUT2D eigenvalue weighted by atomic mass is 16.3. The van der Waals surface area contributed by atoms with E-state index in [4.69, 9.17) is 0 Å². The van der Waals surface area contributed by atoms with Gasteiger partial charge in [-0.2, -0.15) is 0 Å². The highest BCUT2D eigenvalue weighted by Crippen LogP contribution is 2.38. The van der Waals surface area contributed by atoms with Crippen molar-refractivity contribution >= 4 is 5.82 Å². The molecule has 2 aliphatic rings. The van der Waals surface area contributed by atoms with Crippen LogP contribution in [0, 0.1) is 5.41 Å². The van der Waals surface area contributed by atoms with Gasteiger partial charge in [0.15, 0.2) is 0 Å². The number of aliphatic hydroxyl groups excluding tert-OH is 1. The van der Waals surface area contributed by atoms with Gasteiger partial charge in [0.1, 0.15) is 11.6 Å². The summed E-state index contributed by atoms with van der Waals surface area (Å²) in [6, 6.07) is 1.92. The van der Waals surface area contributed by atoms with Crippen LogP contribution in [0.5, 0.6) is 0 Å². The monoisotopic (exact) mass is 261 g/mol. The molecule has 0 saturated heterocycles. The van der Waals surface area contributed by atoms with E-state index < -0.39 is 0 Å². The van der Waals surface area contributed by atoms with Crippen molar-refractivity contribution in [2.75, 3.05) is 11.9 Å². The van der Waals surface area contributed by atoms with E-state index in [0.717, 1.165) is 37.4 Å². The molecule has 2 saturated carbocycles. The van der Waals surface area contributed by atoms with Crippen LogP contribution in [0.1, 0.15) is 57.2 Å². The minimum atomic E-state index is -0.196. The molecular weight excluding hydrogens is 238 g/mol. The molecule has 2 unspecified atom stereocenters. The molecule has 0 aromatic carbocycles. The van der Waals surface area contributed by atoms with Gasteiger partial charge >= 0.3 is 0 Å². The first-order chi connectivity index (χ1) is 9.17. The van der Waals surface area contributed by atoms with Crippen LogP contribution >= 0.6 is 0 Å². The van der Waals surface area contributed by atoms with Crippen molar-refractivity contribution in [2.45, 2.75) is 57.5 Å². The third-order valence-electron chi connectivity index (χ3n) is 4.57. The van der Waals surface area contributed by atoms with Crippen LogP contribution in [0.3, 0.4) is 0 Å². The van der Waals surface area contributed by atoms with Gasteiger partial charge in [-0.05, 0) is 31.7 Å². The Labute approximate surface area is 114 Å². The quantitative estimate of drug-likeness (QED) is 0.875. The molecule has 0 spiro atoms. The largest absolute Gasteiger partial charge is 0.392 e. The van der Waals surface area contributed by atoms with Crippen molar-refractivity contribution in [1.82, 2.24) is 9.97 Å². The van der Waals surface area contributed by atoms with Crippen LogP contribution < -0.4 is 5.32 Å². The summed E-state index contributed by atoms with van der Waals surface area (Å²) in [4.78, 5) is 8.90. The zero-order chi connectivity index (χ0) is 13.3. The normalized spacial score (nSPS) is 31.2. The Bertz CT molecular complexity index is 447. The molecule has 0 aliphatic heterocycles. The molecule has 4 heteroatoms. The van der Waals surface area contributed by atoms with Crippen molar-refractivity contribution in [2.24, 2.45) is 5.41 Å². The highest BCUT2D eigenvalue weighted by Gasteiger charge is 2.35. The topological polar surface area (TPSA) is 58.0 Å². The molecule has 2 aliphatic carbocycles. The van der Waals surface area contributed by atoms with E-state index in [-0.39, 0.29) is 11.5 Å². The zero-order valence-corrected chi connectivity index (χ0v) is 11.6. The summed E-state index contributed by atoms with van der Waals surface area (Å²) in [7, 11) is 0. The summed E-state index contributed by atoms with van der Waals surface area (Å²) in [5.74, 6) is 2.45.